The summed E-state index contributed by atoms with van der Waals surface area (Å²) in [6.07, 6.45) is 2.74. The normalized spacial score (nSPS) is 10.8. The molecule has 0 fully saturated rings. The summed E-state index contributed by atoms with van der Waals surface area (Å²) in [4.78, 5) is 13.0. The Balaban J connectivity index is 1.78. The van der Waals surface area contributed by atoms with Crippen molar-refractivity contribution >= 4 is 5.78 Å². The standard InChI is InChI=1S/C21H12F2O3/c22-15-5-1-3-13(11-15)20-17(7-9-25-20)19(24)18-8-10-26-21(18)14-4-2-6-16(23)12-14/h1-12H. The second-order valence-electron chi connectivity index (χ2n) is 5.68. The largest absolute Gasteiger partial charge is 0.464 e. The van der Waals surface area contributed by atoms with Gasteiger partial charge in [0, 0.05) is 11.1 Å². The van der Waals surface area contributed by atoms with E-state index in [0.29, 0.717) is 11.1 Å². The number of hydrogen-bond acceptors (Lipinski definition) is 3. The van der Waals surface area contributed by atoms with E-state index in [0.717, 1.165) is 0 Å². The highest BCUT2D eigenvalue weighted by Gasteiger charge is 2.23. The van der Waals surface area contributed by atoms with Crippen LogP contribution in [0.4, 0.5) is 8.78 Å². The number of halogens is 2. The van der Waals surface area contributed by atoms with E-state index in [4.69, 9.17) is 8.83 Å². The van der Waals surface area contributed by atoms with Crippen molar-refractivity contribution in [1.82, 2.24) is 0 Å². The molecule has 0 unspecified atom stereocenters. The van der Waals surface area contributed by atoms with Crippen LogP contribution in [0.2, 0.25) is 0 Å². The number of furan rings is 2. The van der Waals surface area contributed by atoms with E-state index in [-0.39, 0.29) is 28.4 Å². The van der Waals surface area contributed by atoms with E-state index in [1.807, 2.05) is 0 Å². The van der Waals surface area contributed by atoms with Gasteiger partial charge < -0.3 is 8.83 Å². The molecule has 4 aromatic rings. The van der Waals surface area contributed by atoms with Gasteiger partial charge in [-0.1, -0.05) is 24.3 Å². The van der Waals surface area contributed by atoms with Gasteiger partial charge in [0.15, 0.2) is 0 Å². The average Bonchev–Trinajstić information content (AvgIpc) is 3.31. The van der Waals surface area contributed by atoms with Gasteiger partial charge >= 0.3 is 0 Å². The molecule has 0 radical (unpaired) electrons. The second-order valence-corrected chi connectivity index (χ2v) is 5.68. The maximum absolute atomic E-state index is 13.5. The number of ketones is 1. The third kappa shape index (κ3) is 2.84. The van der Waals surface area contributed by atoms with E-state index in [1.54, 1.807) is 12.1 Å². The molecule has 3 nitrogen and oxygen atoms in total. The summed E-state index contributed by atoms with van der Waals surface area (Å²) >= 11 is 0. The molecular formula is C21H12F2O3. The molecular weight excluding hydrogens is 338 g/mol. The predicted molar refractivity (Wildman–Crippen MR) is 91.6 cm³/mol. The first-order valence-electron chi connectivity index (χ1n) is 7.85. The Morgan fingerprint density at radius 1 is 0.692 bits per heavy atom. The van der Waals surface area contributed by atoms with Crippen molar-refractivity contribution in [3.8, 4) is 22.6 Å². The molecule has 0 aliphatic rings. The molecule has 0 saturated carbocycles. The van der Waals surface area contributed by atoms with Crippen LogP contribution in [-0.2, 0) is 0 Å². The van der Waals surface area contributed by atoms with Crippen molar-refractivity contribution in [2.75, 3.05) is 0 Å². The van der Waals surface area contributed by atoms with Gasteiger partial charge in [-0.05, 0) is 36.4 Å². The highest BCUT2D eigenvalue weighted by molar-refractivity contribution is 6.14. The van der Waals surface area contributed by atoms with Crippen LogP contribution in [0, 0.1) is 11.6 Å². The molecule has 0 amide bonds. The molecule has 2 aromatic heterocycles. The SMILES string of the molecule is O=C(c1ccoc1-c1cccc(F)c1)c1ccoc1-c1cccc(F)c1. The average molecular weight is 350 g/mol. The number of hydrogen-bond donors (Lipinski definition) is 0. The maximum atomic E-state index is 13.5. The molecule has 0 bridgehead atoms. The number of carbonyl (C=O) groups excluding carboxylic acids is 1. The summed E-state index contributed by atoms with van der Waals surface area (Å²) in [5, 5.41) is 0. The van der Waals surface area contributed by atoms with E-state index in [9.17, 15) is 13.6 Å². The lowest BCUT2D eigenvalue weighted by atomic mass is 9.98. The van der Waals surface area contributed by atoms with E-state index >= 15 is 0 Å². The Kier molecular flexibility index (Phi) is 3.97. The number of carbonyl (C=O) groups is 1. The van der Waals surface area contributed by atoms with Gasteiger partial charge in [-0.2, -0.15) is 0 Å². The predicted octanol–water partition coefficient (Wildman–Crippen LogP) is 5.72. The van der Waals surface area contributed by atoms with Crippen LogP contribution >= 0.6 is 0 Å². The van der Waals surface area contributed by atoms with Crippen LogP contribution in [-0.4, -0.2) is 5.78 Å². The van der Waals surface area contributed by atoms with Crippen LogP contribution in [0.3, 0.4) is 0 Å². The van der Waals surface area contributed by atoms with Gasteiger partial charge in [0.25, 0.3) is 0 Å². The highest BCUT2D eigenvalue weighted by Crippen LogP contribution is 2.32. The first-order valence-corrected chi connectivity index (χ1v) is 7.85. The molecule has 0 aliphatic heterocycles. The van der Waals surface area contributed by atoms with Crippen molar-refractivity contribution in [2.45, 2.75) is 0 Å². The monoisotopic (exact) mass is 350 g/mol. The summed E-state index contributed by atoms with van der Waals surface area (Å²) < 4.78 is 37.8. The van der Waals surface area contributed by atoms with Crippen LogP contribution in [0.25, 0.3) is 22.6 Å². The highest BCUT2D eigenvalue weighted by atomic mass is 19.1. The lowest BCUT2D eigenvalue weighted by Crippen LogP contribution is -2.02. The summed E-state index contributed by atoms with van der Waals surface area (Å²) in [5.74, 6) is -0.685. The minimum atomic E-state index is -0.430. The molecule has 5 heteroatoms. The van der Waals surface area contributed by atoms with Gasteiger partial charge in [-0.15, -0.1) is 0 Å². The minimum Gasteiger partial charge on any atom is -0.464 e. The maximum Gasteiger partial charge on any atom is 0.200 e. The van der Waals surface area contributed by atoms with Gasteiger partial charge in [0.2, 0.25) is 5.78 Å². The molecule has 0 atom stereocenters. The Hall–Kier alpha value is -3.47. The van der Waals surface area contributed by atoms with Crippen molar-refractivity contribution in [2.24, 2.45) is 0 Å². The van der Waals surface area contributed by atoms with Crippen molar-refractivity contribution in [1.29, 1.82) is 0 Å². The minimum absolute atomic E-state index is 0.265. The Morgan fingerprint density at radius 2 is 1.15 bits per heavy atom. The van der Waals surface area contributed by atoms with Crippen LogP contribution in [0.1, 0.15) is 15.9 Å². The Labute approximate surface area is 147 Å². The third-order valence-corrected chi connectivity index (χ3v) is 3.99. The van der Waals surface area contributed by atoms with E-state index in [1.165, 1.54) is 61.1 Å². The fourth-order valence-electron chi connectivity index (χ4n) is 2.83. The summed E-state index contributed by atoms with van der Waals surface area (Å²) in [6, 6.07) is 14.6. The fraction of sp³-hybridized carbons (Fsp3) is 0. The summed E-state index contributed by atoms with van der Waals surface area (Å²) in [6.45, 7) is 0. The lowest BCUT2D eigenvalue weighted by Gasteiger charge is -2.04. The first kappa shape index (κ1) is 16.0. The van der Waals surface area contributed by atoms with Crippen molar-refractivity contribution in [3.05, 3.63) is 96.0 Å². The second kappa shape index (κ2) is 6.44. The van der Waals surface area contributed by atoms with Crippen LogP contribution in [0.5, 0.6) is 0 Å². The topological polar surface area (TPSA) is 43.4 Å². The number of rotatable bonds is 4. The van der Waals surface area contributed by atoms with E-state index in [2.05, 4.69) is 0 Å². The molecule has 0 N–H and O–H groups in total. The summed E-state index contributed by atoms with van der Waals surface area (Å²) in [5.41, 5.74) is 1.45. The molecule has 0 saturated heterocycles. The summed E-state index contributed by atoms with van der Waals surface area (Å²) in [7, 11) is 0. The fourth-order valence-corrected chi connectivity index (χ4v) is 2.83. The van der Waals surface area contributed by atoms with Gasteiger partial charge in [-0.3, -0.25) is 4.79 Å². The molecule has 128 valence electrons. The Bertz CT molecular complexity index is 1010. The quantitative estimate of drug-likeness (QED) is 0.442. The van der Waals surface area contributed by atoms with E-state index < -0.39 is 11.6 Å². The van der Waals surface area contributed by atoms with Crippen LogP contribution in [0.15, 0.2) is 82.0 Å². The molecule has 2 aromatic carbocycles. The molecule has 4 rings (SSSR count). The van der Waals surface area contributed by atoms with Crippen molar-refractivity contribution < 1.29 is 22.4 Å². The molecule has 2 heterocycles. The zero-order valence-electron chi connectivity index (χ0n) is 13.4. The zero-order chi connectivity index (χ0) is 18.1. The lowest BCUT2D eigenvalue weighted by molar-refractivity contribution is 0.103. The Morgan fingerprint density at radius 3 is 1.58 bits per heavy atom. The van der Waals surface area contributed by atoms with Gasteiger partial charge in [0.1, 0.15) is 23.2 Å². The van der Waals surface area contributed by atoms with Gasteiger partial charge in [0.05, 0.1) is 23.7 Å². The van der Waals surface area contributed by atoms with Crippen molar-refractivity contribution in [3.63, 3.8) is 0 Å². The van der Waals surface area contributed by atoms with Crippen LogP contribution < -0.4 is 0 Å². The first-order chi connectivity index (χ1) is 12.6. The van der Waals surface area contributed by atoms with Gasteiger partial charge in [-0.25, -0.2) is 8.78 Å². The molecule has 0 spiro atoms. The third-order valence-electron chi connectivity index (χ3n) is 3.99. The molecule has 0 aliphatic carbocycles. The molecule has 26 heavy (non-hydrogen) atoms. The smallest absolute Gasteiger partial charge is 0.200 e. The zero-order valence-corrected chi connectivity index (χ0v) is 13.4. The number of benzene rings is 2.